The van der Waals surface area contributed by atoms with E-state index in [1.54, 1.807) is 12.4 Å². The Balaban J connectivity index is 1.62. The third-order valence-corrected chi connectivity index (χ3v) is 4.19. The monoisotopic (exact) mass is 306 g/mol. The van der Waals surface area contributed by atoms with Gasteiger partial charge in [-0.2, -0.15) is 0 Å². The van der Waals surface area contributed by atoms with Gasteiger partial charge in [0.05, 0.1) is 11.8 Å². The smallest absolute Gasteiger partial charge is 0.273 e. The molecule has 1 fully saturated rings. The second-order valence-electron chi connectivity index (χ2n) is 6.12. The van der Waals surface area contributed by atoms with Crippen LogP contribution >= 0.6 is 0 Å². The summed E-state index contributed by atoms with van der Waals surface area (Å²) in [6, 6.07) is 12.3. The van der Waals surface area contributed by atoms with Gasteiger partial charge in [-0.25, -0.2) is 9.97 Å². The number of imidazole rings is 1. The molecule has 1 saturated carbocycles. The highest BCUT2D eigenvalue weighted by molar-refractivity contribution is 5.94. The number of hydrogen-bond donors (Lipinski definition) is 1. The number of carbonyl (C=O) groups excluding carboxylic acids is 1. The van der Waals surface area contributed by atoms with Crippen LogP contribution in [0.15, 0.2) is 42.7 Å². The third kappa shape index (κ3) is 2.82. The van der Waals surface area contributed by atoms with Gasteiger partial charge in [0.25, 0.3) is 5.91 Å². The van der Waals surface area contributed by atoms with E-state index in [-0.39, 0.29) is 5.91 Å². The second-order valence-corrected chi connectivity index (χ2v) is 6.12. The van der Waals surface area contributed by atoms with Gasteiger partial charge in [0.1, 0.15) is 5.69 Å². The standard InChI is InChI=1S/C18H18N4O/c1-12-3-2-4-13(9-12)10-22(14-5-6-14)18(23)16-8-7-15-17(21-16)20-11-19-15/h2-4,7-9,11,14H,5-6,10H2,1H3,(H,19,20,21). The SMILES string of the molecule is Cc1cccc(CN(C(=O)c2ccc3[nH]cnc3n2)C2CC2)c1. The summed E-state index contributed by atoms with van der Waals surface area (Å²) in [5.41, 5.74) is 4.26. The molecule has 1 aliphatic rings. The van der Waals surface area contributed by atoms with Crippen molar-refractivity contribution in [3.63, 3.8) is 0 Å². The molecule has 1 amide bonds. The molecule has 0 unspecified atom stereocenters. The fourth-order valence-electron chi connectivity index (χ4n) is 2.85. The van der Waals surface area contributed by atoms with Crippen LogP contribution in [0.5, 0.6) is 0 Å². The zero-order chi connectivity index (χ0) is 15.8. The number of nitrogens with zero attached hydrogens (tertiary/aromatic N) is 3. The Morgan fingerprint density at radius 2 is 2.17 bits per heavy atom. The van der Waals surface area contributed by atoms with E-state index in [1.807, 2.05) is 17.0 Å². The molecule has 0 radical (unpaired) electrons. The van der Waals surface area contributed by atoms with Gasteiger partial charge in [-0.3, -0.25) is 4.79 Å². The summed E-state index contributed by atoms with van der Waals surface area (Å²) in [4.78, 5) is 26.4. The van der Waals surface area contributed by atoms with Crippen molar-refractivity contribution in [1.82, 2.24) is 19.9 Å². The van der Waals surface area contributed by atoms with Gasteiger partial charge < -0.3 is 9.88 Å². The minimum absolute atomic E-state index is 0.0149. The Bertz CT molecular complexity index is 866. The summed E-state index contributed by atoms with van der Waals surface area (Å²) in [5, 5.41) is 0. The average molecular weight is 306 g/mol. The maximum atomic E-state index is 12.9. The van der Waals surface area contributed by atoms with E-state index in [9.17, 15) is 4.79 Å². The Morgan fingerprint density at radius 3 is 2.96 bits per heavy atom. The number of pyridine rings is 1. The molecule has 2 aromatic heterocycles. The molecule has 4 rings (SSSR count). The summed E-state index contributed by atoms with van der Waals surface area (Å²) in [7, 11) is 0. The van der Waals surface area contributed by atoms with Gasteiger partial charge >= 0.3 is 0 Å². The minimum atomic E-state index is -0.0149. The lowest BCUT2D eigenvalue weighted by molar-refractivity contribution is 0.0724. The maximum absolute atomic E-state index is 12.9. The first-order valence-corrected chi connectivity index (χ1v) is 7.87. The molecule has 1 N–H and O–H groups in total. The van der Waals surface area contributed by atoms with Crippen LogP contribution in [0.4, 0.5) is 0 Å². The summed E-state index contributed by atoms with van der Waals surface area (Å²) >= 11 is 0. The minimum Gasteiger partial charge on any atom is -0.343 e. The Kier molecular flexibility index (Phi) is 3.33. The zero-order valence-corrected chi connectivity index (χ0v) is 13.0. The molecule has 0 spiro atoms. The lowest BCUT2D eigenvalue weighted by Gasteiger charge is -2.22. The molecule has 1 aromatic carbocycles. The van der Waals surface area contributed by atoms with E-state index in [0.29, 0.717) is 23.9 Å². The van der Waals surface area contributed by atoms with Crippen LogP contribution in [-0.4, -0.2) is 31.8 Å². The van der Waals surface area contributed by atoms with Crippen molar-refractivity contribution in [2.24, 2.45) is 0 Å². The van der Waals surface area contributed by atoms with E-state index >= 15 is 0 Å². The van der Waals surface area contributed by atoms with Crippen molar-refractivity contribution in [3.05, 3.63) is 59.5 Å². The van der Waals surface area contributed by atoms with Crippen LogP contribution < -0.4 is 0 Å². The normalized spacial score (nSPS) is 14.1. The lowest BCUT2D eigenvalue weighted by atomic mass is 10.1. The molecule has 5 heteroatoms. The topological polar surface area (TPSA) is 61.9 Å². The first-order chi connectivity index (χ1) is 11.2. The van der Waals surface area contributed by atoms with Crippen LogP contribution in [0.25, 0.3) is 11.2 Å². The summed E-state index contributed by atoms with van der Waals surface area (Å²) in [5.74, 6) is -0.0149. The number of aromatic amines is 1. The highest BCUT2D eigenvalue weighted by Gasteiger charge is 2.33. The number of amides is 1. The van der Waals surface area contributed by atoms with Gasteiger partial charge in [0, 0.05) is 12.6 Å². The zero-order valence-electron chi connectivity index (χ0n) is 13.0. The fourth-order valence-corrected chi connectivity index (χ4v) is 2.85. The lowest BCUT2D eigenvalue weighted by Crippen LogP contribution is -2.33. The average Bonchev–Trinajstić information content (AvgIpc) is 3.28. The molecule has 3 aromatic rings. The number of benzene rings is 1. The summed E-state index contributed by atoms with van der Waals surface area (Å²) in [6.07, 6.45) is 3.74. The first-order valence-electron chi connectivity index (χ1n) is 7.87. The maximum Gasteiger partial charge on any atom is 0.273 e. The highest BCUT2D eigenvalue weighted by Crippen LogP contribution is 2.30. The number of carbonyl (C=O) groups is 1. The van der Waals surface area contributed by atoms with Gasteiger partial charge in [0.15, 0.2) is 5.65 Å². The van der Waals surface area contributed by atoms with Gasteiger partial charge in [-0.1, -0.05) is 29.8 Å². The van der Waals surface area contributed by atoms with Crippen molar-refractivity contribution in [1.29, 1.82) is 0 Å². The highest BCUT2D eigenvalue weighted by atomic mass is 16.2. The van der Waals surface area contributed by atoms with Crippen LogP contribution in [0, 0.1) is 6.92 Å². The van der Waals surface area contributed by atoms with Crippen molar-refractivity contribution in [2.75, 3.05) is 0 Å². The number of aromatic nitrogens is 3. The predicted molar refractivity (Wildman–Crippen MR) is 88.0 cm³/mol. The first kappa shape index (κ1) is 13.9. The second kappa shape index (κ2) is 5.50. The van der Waals surface area contributed by atoms with E-state index in [0.717, 1.165) is 23.9 Å². The van der Waals surface area contributed by atoms with Crippen LogP contribution in [-0.2, 0) is 6.54 Å². The van der Waals surface area contributed by atoms with Gasteiger partial charge in [-0.15, -0.1) is 0 Å². The molecular formula is C18H18N4O. The Hall–Kier alpha value is -2.69. The summed E-state index contributed by atoms with van der Waals surface area (Å²) < 4.78 is 0. The van der Waals surface area contributed by atoms with E-state index < -0.39 is 0 Å². The largest absolute Gasteiger partial charge is 0.343 e. The molecule has 2 heterocycles. The number of fused-ring (bicyclic) bond motifs is 1. The number of H-pyrrole nitrogens is 1. The molecule has 23 heavy (non-hydrogen) atoms. The van der Waals surface area contributed by atoms with E-state index in [2.05, 4.69) is 40.1 Å². The number of aryl methyl sites for hydroxylation is 1. The number of nitrogens with one attached hydrogen (secondary N) is 1. The molecule has 5 nitrogen and oxygen atoms in total. The molecule has 1 aliphatic carbocycles. The van der Waals surface area contributed by atoms with Crippen molar-refractivity contribution >= 4 is 17.1 Å². The molecule has 0 atom stereocenters. The third-order valence-electron chi connectivity index (χ3n) is 4.19. The summed E-state index contributed by atoms with van der Waals surface area (Å²) in [6.45, 7) is 2.70. The molecular weight excluding hydrogens is 288 g/mol. The van der Waals surface area contributed by atoms with Gasteiger partial charge in [0.2, 0.25) is 0 Å². The van der Waals surface area contributed by atoms with Crippen molar-refractivity contribution in [2.45, 2.75) is 32.4 Å². The van der Waals surface area contributed by atoms with E-state index in [4.69, 9.17) is 0 Å². The fraction of sp³-hybridized carbons (Fsp3) is 0.278. The molecule has 0 saturated heterocycles. The molecule has 0 bridgehead atoms. The van der Waals surface area contributed by atoms with Crippen LogP contribution in [0.3, 0.4) is 0 Å². The quantitative estimate of drug-likeness (QED) is 0.806. The Labute approximate surface area is 134 Å². The molecule has 116 valence electrons. The number of rotatable bonds is 4. The predicted octanol–water partition coefficient (Wildman–Crippen LogP) is 3.07. The van der Waals surface area contributed by atoms with Crippen molar-refractivity contribution < 1.29 is 4.79 Å². The Morgan fingerprint density at radius 1 is 1.30 bits per heavy atom. The van der Waals surface area contributed by atoms with E-state index in [1.165, 1.54) is 5.56 Å². The van der Waals surface area contributed by atoms with Crippen LogP contribution in [0.2, 0.25) is 0 Å². The van der Waals surface area contributed by atoms with Gasteiger partial charge in [-0.05, 0) is 37.5 Å². The number of hydrogen-bond acceptors (Lipinski definition) is 3. The molecule has 0 aliphatic heterocycles. The van der Waals surface area contributed by atoms with Crippen molar-refractivity contribution in [3.8, 4) is 0 Å². The van der Waals surface area contributed by atoms with Crippen LogP contribution in [0.1, 0.15) is 34.5 Å².